The first-order chi connectivity index (χ1) is 18.4. The Labute approximate surface area is 230 Å². The van der Waals surface area contributed by atoms with Gasteiger partial charge >= 0.3 is 0 Å². The number of likely N-dealkylation sites (N-methyl/N-ethyl adjacent to an activating group) is 1. The van der Waals surface area contributed by atoms with Crippen molar-refractivity contribution in [3.8, 4) is 11.3 Å². The van der Waals surface area contributed by atoms with Gasteiger partial charge in [0, 0.05) is 65.9 Å². The summed E-state index contributed by atoms with van der Waals surface area (Å²) in [6, 6.07) is 15.2. The molecule has 3 heterocycles. The minimum absolute atomic E-state index is 0.171. The van der Waals surface area contributed by atoms with E-state index < -0.39 is 0 Å². The van der Waals surface area contributed by atoms with Crippen molar-refractivity contribution in [3.05, 3.63) is 88.3 Å². The second kappa shape index (κ2) is 11.8. The number of rotatable bonds is 7. The van der Waals surface area contributed by atoms with Gasteiger partial charge in [-0.05, 0) is 61.5 Å². The topological polar surface area (TPSA) is 99.2 Å². The number of hydrogen-bond donors (Lipinski definition) is 2. The monoisotopic (exact) mass is 572 g/mol. The first kappa shape index (κ1) is 25.9. The molecule has 0 aliphatic carbocycles. The quantitative estimate of drug-likeness (QED) is 0.327. The van der Waals surface area contributed by atoms with Crippen LogP contribution < -0.4 is 10.6 Å². The van der Waals surface area contributed by atoms with Crippen molar-refractivity contribution in [1.82, 2.24) is 30.0 Å². The molecule has 38 heavy (non-hydrogen) atoms. The Balaban J connectivity index is 1.26. The second-order valence-electron chi connectivity index (χ2n) is 9.39. The fourth-order valence-corrected chi connectivity index (χ4v) is 4.75. The molecule has 2 aromatic heterocycles. The Morgan fingerprint density at radius 1 is 1.00 bits per heavy atom. The number of piperazine rings is 1. The van der Waals surface area contributed by atoms with Crippen LogP contribution in [0.2, 0.25) is 0 Å². The molecule has 9 nitrogen and oxygen atoms in total. The van der Waals surface area contributed by atoms with Gasteiger partial charge in [0.2, 0.25) is 5.95 Å². The van der Waals surface area contributed by atoms with E-state index in [0.29, 0.717) is 17.2 Å². The van der Waals surface area contributed by atoms with E-state index in [9.17, 15) is 4.79 Å². The summed E-state index contributed by atoms with van der Waals surface area (Å²) in [4.78, 5) is 26.8. The highest BCUT2D eigenvalue weighted by atomic mass is 79.9. The van der Waals surface area contributed by atoms with Gasteiger partial charge in [0.25, 0.3) is 5.91 Å². The molecule has 0 atom stereocenters. The molecular formula is C28H29BrN8O. The van der Waals surface area contributed by atoms with Crippen LogP contribution in [0.1, 0.15) is 21.5 Å². The van der Waals surface area contributed by atoms with E-state index in [2.05, 4.69) is 63.6 Å². The summed E-state index contributed by atoms with van der Waals surface area (Å²) < 4.78 is 0.941. The highest BCUT2D eigenvalue weighted by Crippen LogP contribution is 2.26. The maximum Gasteiger partial charge on any atom is 0.255 e. The average Bonchev–Trinajstić information content (AvgIpc) is 2.93. The SMILES string of the molecule is Cc1ccc(NC(=O)c2ccc(CN3CCN(C)CC3)c(Br)c2)cc1Nc1nccc(-c2ccnnc2)n1. The number of amides is 1. The number of anilines is 3. The molecule has 1 aliphatic rings. The lowest BCUT2D eigenvalue weighted by molar-refractivity contribution is 0.102. The first-order valence-electron chi connectivity index (χ1n) is 12.4. The van der Waals surface area contributed by atoms with E-state index in [4.69, 9.17) is 0 Å². The molecule has 0 unspecified atom stereocenters. The molecule has 1 amide bonds. The number of halogens is 1. The van der Waals surface area contributed by atoms with Gasteiger partial charge in [-0.15, -0.1) is 0 Å². The fourth-order valence-electron chi connectivity index (χ4n) is 4.24. The van der Waals surface area contributed by atoms with E-state index in [-0.39, 0.29) is 5.91 Å². The third-order valence-electron chi connectivity index (χ3n) is 6.58. The standard InChI is InChI=1S/C28H29BrN8O/c1-19-3-6-23(16-26(19)35-28-30-9-8-25(34-28)21-7-10-31-32-17-21)33-27(38)20-4-5-22(24(29)15-20)18-37-13-11-36(2)12-14-37/h3-10,15-17H,11-14,18H2,1-2H3,(H,33,38)(H,30,34,35). The van der Waals surface area contributed by atoms with Crippen molar-refractivity contribution in [2.75, 3.05) is 43.9 Å². The summed E-state index contributed by atoms with van der Waals surface area (Å²) in [7, 11) is 2.15. The van der Waals surface area contributed by atoms with E-state index in [1.165, 1.54) is 5.56 Å². The van der Waals surface area contributed by atoms with Crippen LogP contribution in [0.25, 0.3) is 11.3 Å². The van der Waals surface area contributed by atoms with Gasteiger partial charge in [-0.3, -0.25) is 9.69 Å². The van der Waals surface area contributed by atoms with E-state index in [1.807, 2.05) is 55.5 Å². The van der Waals surface area contributed by atoms with Gasteiger partial charge < -0.3 is 15.5 Å². The Bertz CT molecular complexity index is 1420. The lowest BCUT2D eigenvalue weighted by Crippen LogP contribution is -2.43. The van der Waals surface area contributed by atoms with Gasteiger partial charge in [-0.2, -0.15) is 10.2 Å². The minimum Gasteiger partial charge on any atom is -0.324 e. The Kier molecular flexibility index (Phi) is 8.02. The molecule has 2 aromatic carbocycles. The summed E-state index contributed by atoms with van der Waals surface area (Å²) in [5.41, 5.74) is 5.84. The van der Waals surface area contributed by atoms with Crippen LogP contribution in [0.5, 0.6) is 0 Å². The third kappa shape index (κ3) is 6.39. The first-order valence-corrected chi connectivity index (χ1v) is 13.2. The largest absolute Gasteiger partial charge is 0.324 e. The number of nitrogens with one attached hydrogen (secondary N) is 2. The zero-order valence-electron chi connectivity index (χ0n) is 21.4. The van der Waals surface area contributed by atoms with Crippen LogP contribution in [0.15, 0.2) is 71.6 Å². The highest BCUT2D eigenvalue weighted by molar-refractivity contribution is 9.10. The molecule has 0 radical (unpaired) electrons. The Morgan fingerprint density at radius 3 is 2.61 bits per heavy atom. The smallest absolute Gasteiger partial charge is 0.255 e. The molecule has 10 heteroatoms. The summed E-state index contributed by atoms with van der Waals surface area (Å²) in [5, 5.41) is 14.0. The molecular weight excluding hydrogens is 544 g/mol. The van der Waals surface area contributed by atoms with Crippen LogP contribution in [0.4, 0.5) is 17.3 Å². The number of nitrogens with zero attached hydrogens (tertiary/aromatic N) is 6. The molecule has 0 bridgehead atoms. The van der Waals surface area contributed by atoms with Gasteiger partial charge in [0.15, 0.2) is 0 Å². The van der Waals surface area contributed by atoms with Gasteiger partial charge in [-0.25, -0.2) is 9.97 Å². The van der Waals surface area contributed by atoms with Crippen LogP contribution in [-0.4, -0.2) is 69.1 Å². The zero-order valence-corrected chi connectivity index (χ0v) is 22.9. The second-order valence-corrected chi connectivity index (χ2v) is 10.2. The molecule has 0 spiro atoms. The lowest BCUT2D eigenvalue weighted by atomic mass is 10.1. The normalized spacial score (nSPS) is 14.3. The van der Waals surface area contributed by atoms with Crippen molar-refractivity contribution < 1.29 is 4.79 Å². The Morgan fingerprint density at radius 2 is 1.84 bits per heavy atom. The third-order valence-corrected chi connectivity index (χ3v) is 7.32. The van der Waals surface area contributed by atoms with Crippen molar-refractivity contribution in [1.29, 1.82) is 0 Å². The number of aromatic nitrogens is 4. The van der Waals surface area contributed by atoms with Gasteiger partial charge in [0.05, 0.1) is 18.1 Å². The number of carbonyl (C=O) groups is 1. The average molecular weight is 573 g/mol. The van der Waals surface area contributed by atoms with Crippen molar-refractivity contribution in [2.45, 2.75) is 13.5 Å². The van der Waals surface area contributed by atoms with E-state index in [1.54, 1.807) is 18.6 Å². The van der Waals surface area contributed by atoms with Crippen LogP contribution >= 0.6 is 15.9 Å². The lowest BCUT2D eigenvalue weighted by Gasteiger charge is -2.32. The van der Waals surface area contributed by atoms with E-state index in [0.717, 1.165) is 59.7 Å². The number of benzene rings is 2. The summed E-state index contributed by atoms with van der Waals surface area (Å²) >= 11 is 3.67. The van der Waals surface area contributed by atoms with Crippen LogP contribution in [0.3, 0.4) is 0 Å². The predicted octanol–water partition coefficient (Wildman–Crippen LogP) is 4.75. The zero-order chi connectivity index (χ0) is 26.5. The number of aryl methyl sites for hydroxylation is 1. The molecule has 4 aromatic rings. The summed E-state index contributed by atoms with van der Waals surface area (Å²) in [5.74, 6) is 0.279. The maximum atomic E-state index is 13.1. The Hall–Kier alpha value is -3.73. The molecule has 1 fully saturated rings. The van der Waals surface area contributed by atoms with Gasteiger partial charge in [-0.1, -0.05) is 28.1 Å². The van der Waals surface area contributed by atoms with Gasteiger partial charge in [0.1, 0.15) is 0 Å². The summed E-state index contributed by atoms with van der Waals surface area (Å²) in [6.07, 6.45) is 4.97. The highest BCUT2D eigenvalue weighted by Gasteiger charge is 2.16. The fraction of sp³-hybridized carbons (Fsp3) is 0.250. The minimum atomic E-state index is -0.171. The van der Waals surface area contributed by atoms with Crippen LogP contribution in [0, 0.1) is 6.92 Å². The molecule has 194 valence electrons. The van der Waals surface area contributed by atoms with Crippen molar-refractivity contribution in [3.63, 3.8) is 0 Å². The number of carbonyl (C=O) groups excluding carboxylic acids is 1. The summed E-state index contributed by atoms with van der Waals surface area (Å²) in [6.45, 7) is 7.10. The maximum absolute atomic E-state index is 13.1. The van der Waals surface area contributed by atoms with Crippen LogP contribution in [-0.2, 0) is 6.54 Å². The molecule has 1 saturated heterocycles. The molecule has 0 saturated carbocycles. The molecule has 5 rings (SSSR count). The molecule has 1 aliphatic heterocycles. The molecule has 2 N–H and O–H groups in total. The van der Waals surface area contributed by atoms with Crippen molar-refractivity contribution >= 4 is 39.2 Å². The van der Waals surface area contributed by atoms with Crippen molar-refractivity contribution in [2.24, 2.45) is 0 Å². The van der Waals surface area contributed by atoms with E-state index >= 15 is 0 Å². The number of hydrogen-bond acceptors (Lipinski definition) is 8. The predicted molar refractivity (Wildman–Crippen MR) is 152 cm³/mol.